The molecule has 0 atom stereocenters. The zero-order valence-electron chi connectivity index (χ0n) is 13.3. The molecule has 0 saturated carbocycles. The van der Waals surface area contributed by atoms with Crippen molar-refractivity contribution in [3.63, 3.8) is 0 Å². The molecule has 1 aliphatic rings. The van der Waals surface area contributed by atoms with Gasteiger partial charge in [0, 0.05) is 20.1 Å². The maximum absolute atomic E-state index is 12.4. The average Bonchev–Trinajstić information content (AvgIpc) is 2.45. The summed E-state index contributed by atoms with van der Waals surface area (Å²) in [7, 11) is 1.84. The van der Waals surface area contributed by atoms with Crippen LogP contribution in [0.25, 0.3) is 0 Å². The van der Waals surface area contributed by atoms with Crippen molar-refractivity contribution in [2.45, 2.75) is 32.7 Å². The Morgan fingerprint density at radius 1 is 1.33 bits per heavy atom. The molecule has 0 bridgehead atoms. The van der Waals surface area contributed by atoms with Gasteiger partial charge in [-0.1, -0.05) is 13.0 Å². The molecular weight excluding hydrogens is 266 g/mol. The number of nitrogens with zero attached hydrogens (tertiary/aromatic N) is 2. The van der Waals surface area contributed by atoms with E-state index in [2.05, 4.69) is 11.8 Å². The van der Waals surface area contributed by atoms with Crippen molar-refractivity contribution in [2.24, 2.45) is 0 Å². The number of carbonyl (C=O) groups excluding carboxylic acids is 1. The Labute approximate surface area is 126 Å². The average molecular weight is 291 g/mol. The number of rotatable bonds is 4. The summed E-state index contributed by atoms with van der Waals surface area (Å²) in [4.78, 5) is 16.3. The van der Waals surface area contributed by atoms with Crippen LogP contribution in [0, 0.1) is 0 Å². The first-order valence-electron chi connectivity index (χ1n) is 7.44. The van der Waals surface area contributed by atoms with Crippen LogP contribution in [0.4, 0.5) is 11.4 Å². The number of piperazine rings is 1. The lowest BCUT2D eigenvalue weighted by Gasteiger charge is -2.46. The molecule has 5 nitrogen and oxygen atoms in total. The van der Waals surface area contributed by atoms with Crippen LogP contribution in [-0.2, 0) is 4.79 Å². The van der Waals surface area contributed by atoms with E-state index in [1.165, 1.54) is 0 Å². The predicted octanol–water partition coefficient (Wildman–Crippen LogP) is 2.11. The highest BCUT2D eigenvalue weighted by atomic mass is 16.5. The molecule has 1 saturated heterocycles. The molecule has 0 aromatic heterocycles. The van der Waals surface area contributed by atoms with Gasteiger partial charge < -0.3 is 20.3 Å². The molecule has 1 aromatic carbocycles. The van der Waals surface area contributed by atoms with E-state index in [0.717, 1.165) is 18.7 Å². The van der Waals surface area contributed by atoms with Gasteiger partial charge in [-0.05, 0) is 32.4 Å². The first-order valence-corrected chi connectivity index (χ1v) is 7.44. The molecular formula is C16H25N3O2. The topological polar surface area (TPSA) is 58.8 Å². The van der Waals surface area contributed by atoms with Crippen LogP contribution in [-0.4, -0.2) is 43.1 Å². The maximum Gasteiger partial charge on any atom is 0.247 e. The van der Waals surface area contributed by atoms with E-state index < -0.39 is 5.54 Å². The van der Waals surface area contributed by atoms with Crippen LogP contribution >= 0.6 is 0 Å². The number of hydrogen-bond donors (Lipinski definition) is 1. The number of nitrogen functional groups attached to an aromatic ring is 1. The summed E-state index contributed by atoms with van der Waals surface area (Å²) < 4.78 is 5.69. The molecule has 2 rings (SSSR count). The predicted molar refractivity (Wildman–Crippen MR) is 85.7 cm³/mol. The zero-order valence-corrected chi connectivity index (χ0v) is 13.3. The van der Waals surface area contributed by atoms with Gasteiger partial charge in [0.15, 0.2) is 0 Å². The number of benzene rings is 1. The lowest BCUT2D eigenvalue weighted by molar-refractivity contribution is -0.136. The summed E-state index contributed by atoms with van der Waals surface area (Å²) >= 11 is 0. The lowest BCUT2D eigenvalue weighted by Crippen LogP contribution is -2.62. The summed E-state index contributed by atoms with van der Waals surface area (Å²) in [5, 5.41) is 0. The molecule has 1 aliphatic heterocycles. The van der Waals surface area contributed by atoms with Crippen molar-refractivity contribution in [2.75, 3.05) is 37.4 Å². The second-order valence-electron chi connectivity index (χ2n) is 5.97. The molecule has 1 heterocycles. The summed E-state index contributed by atoms with van der Waals surface area (Å²) in [6, 6.07) is 5.75. The van der Waals surface area contributed by atoms with Gasteiger partial charge in [-0.25, -0.2) is 0 Å². The van der Waals surface area contributed by atoms with E-state index in [4.69, 9.17) is 10.5 Å². The highest BCUT2D eigenvalue weighted by molar-refractivity contribution is 5.92. The second kappa shape index (κ2) is 5.84. The van der Waals surface area contributed by atoms with Crippen molar-refractivity contribution in [1.29, 1.82) is 0 Å². The largest absolute Gasteiger partial charge is 0.491 e. The first-order chi connectivity index (χ1) is 9.89. The monoisotopic (exact) mass is 291 g/mol. The Kier molecular flexibility index (Phi) is 4.30. The van der Waals surface area contributed by atoms with Crippen LogP contribution in [0.3, 0.4) is 0 Å². The van der Waals surface area contributed by atoms with Gasteiger partial charge in [0.25, 0.3) is 0 Å². The van der Waals surface area contributed by atoms with Gasteiger partial charge in [0.2, 0.25) is 5.91 Å². The fourth-order valence-electron chi connectivity index (χ4n) is 2.74. The quantitative estimate of drug-likeness (QED) is 0.863. The summed E-state index contributed by atoms with van der Waals surface area (Å²) in [6.45, 7) is 8.02. The number of likely N-dealkylation sites (N-methyl/N-ethyl adjacent to an activating group) is 1. The molecule has 116 valence electrons. The summed E-state index contributed by atoms with van der Waals surface area (Å²) in [5.74, 6) is 0.796. The van der Waals surface area contributed by atoms with E-state index in [-0.39, 0.29) is 5.91 Å². The SMILES string of the molecule is CCCOc1cccc(N2CCN(C)C(=O)C2(C)C)c1N. The molecule has 1 aromatic rings. The lowest BCUT2D eigenvalue weighted by atomic mass is 9.96. The number of amides is 1. The third-order valence-corrected chi connectivity index (χ3v) is 4.00. The van der Waals surface area contributed by atoms with Crippen molar-refractivity contribution in [3.05, 3.63) is 18.2 Å². The van der Waals surface area contributed by atoms with Crippen LogP contribution in [0.2, 0.25) is 0 Å². The van der Waals surface area contributed by atoms with Gasteiger partial charge in [0.05, 0.1) is 18.0 Å². The van der Waals surface area contributed by atoms with Crippen molar-refractivity contribution in [1.82, 2.24) is 4.90 Å². The number of nitrogens with two attached hydrogens (primary N) is 1. The molecule has 5 heteroatoms. The van der Waals surface area contributed by atoms with Crippen LogP contribution in [0.5, 0.6) is 5.75 Å². The van der Waals surface area contributed by atoms with E-state index in [1.807, 2.05) is 39.1 Å². The Hall–Kier alpha value is -1.91. The second-order valence-corrected chi connectivity index (χ2v) is 5.97. The van der Waals surface area contributed by atoms with E-state index in [9.17, 15) is 4.79 Å². The Morgan fingerprint density at radius 2 is 2.05 bits per heavy atom. The highest BCUT2D eigenvalue weighted by Gasteiger charge is 2.41. The Morgan fingerprint density at radius 3 is 2.71 bits per heavy atom. The Bertz CT molecular complexity index is 528. The smallest absolute Gasteiger partial charge is 0.247 e. The normalized spacial score (nSPS) is 18.0. The van der Waals surface area contributed by atoms with Crippen molar-refractivity contribution >= 4 is 17.3 Å². The number of para-hydroxylation sites is 1. The number of anilines is 2. The minimum atomic E-state index is -0.607. The van der Waals surface area contributed by atoms with Gasteiger partial charge in [-0.15, -0.1) is 0 Å². The third kappa shape index (κ3) is 2.77. The molecule has 21 heavy (non-hydrogen) atoms. The minimum absolute atomic E-state index is 0.105. The molecule has 0 aliphatic carbocycles. The molecule has 0 radical (unpaired) electrons. The van der Waals surface area contributed by atoms with Crippen molar-refractivity contribution in [3.8, 4) is 5.75 Å². The van der Waals surface area contributed by atoms with Gasteiger partial charge in [0.1, 0.15) is 11.3 Å². The molecule has 0 unspecified atom stereocenters. The molecule has 1 amide bonds. The van der Waals surface area contributed by atoms with Crippen LogP contribution in [0.15, 0.2) is 18.2 Å². The third-order valence-electron chi connectivity index (χ3n) is 4.00. The highest BCUT2D eigenvalue weighted by Crippen LogP contribution is 2.37. The minimum Gasteiger partial charge on any atom is -0.491 e. The Balaban J connectivity index is 2.35. The summed E-state index contributed by atoms with van der Waals surface area (Å²) in [6.07, 6.45) is 0.933. The molecule has 2 N–H and O–H groups in total. The molecule has 0 spiro atoms. The fraction of sp³-hybridized carbons (Fsp3) is 0.562. The van der Waals surface area contributed by atoms with Gasteiger partial charge >= 0.3 is 0 Å². The van der Waals surface area contributed by atoms with Crippen LogP contribution < -0.4 is 15.4 Å². The van der Waals surface area contributed by atoms with Gasteiger partial charge in [-0.2, -0.15) is 0 Å². The van der Waals surface area contributed by atoms with E-state index in [0.29, 0.717) is 24.6 Å². The summed E-state index contributed by atoms with van der Waals surface area (Å²) in [5.41, 5.74) is 7.14. The van der Waals surface area contributed by atoms with Crippen molar-refractivity contribution < 1.29 is 9.53 Å². The number of ether oxygens (including phenoxy) is 1. The molecule has 1 fully saturated rings. The van der Waals surface area contributed by atoms with Gasteiger partial charge in [-0.3, -0.25) is 4.79 Å². The first kappa shape index (κ1) is 15.5. The number of hydrogen-bond acceptors (Lipinski definition) is 4. The maximum atomic E-state index is 12.4. The van der Waals surface area contributed by atoms with E-state index in [1.54, 1.807) is 4.90 Å². The van der Waals surface area contributed by atoms with E-state index >= 15 is 0 Å². The fourth-order valence-corrected chi connectivity index (χ4v) is 2.74. The number of carbonyl (C=O) groups is 1. The standard InChI is InChI=1S/C16H25N3O2/c1-5-11-21-13-8-6-7-12(14(13)17)19-10-9-18(4)15(20)16(19,2)3/h6-8H,5,9-11,17H2,1-4H3. The zero-order chi connectivity index (χ0) is 15.6. The van der Waals surface area contributed by atoms with Crippen LogP contribution in [0.1, 0.15) is 27.2 Å².